The maximum atomic E-state index is 11.8. The van der Waals surface area contributed by atoms with E-state index in [0.717, 1.165) is 5.01 Å². The molecule has 0 radical (unpaired) electrons. The van der Waals surface area contributed by atoms with Crippen LogP contribution < -0.4 is 16.2 Å². The summed E-state index contributed by atoms with van der Waals surface area (Å²) in [5, 5.41) is 16.2. The van der Waals surface area contributed by atoms with Gasteiger partial charge in [0.25, 0.3) is 0 Å². The number of urea groups is 2. The topological polar surface area (TPSA) is 110 Å². The molecule has 1 aliphatic heterocycles. The molecular formula is C12H12N6O2. The van der Waals surface area contributed by atoms with Crippen molar-refractivity contribution < 1.29 is 9.59 Å². The van der Waals surface area contributed by atoms with Gasteiger partial charge >= 0.3 is 12.1 Å². The summed E-state index contributed by atoms with van der Waals surface area (Å²) in [4.78, 5) is 23.2. The Morgan fingerprint density at radius 2 is 2.35 bits per heavy atom. The van der Waals surface area contributed by atoms with Crippen LogP contribution in [0, 0.1) is 11.3 Å². The van der Waals surface area contributed by atoms with Gasteiger partial charge in [-0.05, 0) is 25.1 Å². The molecule has 1 aliphatic rings. The second-order valence-corrected chi connectivity index (χ2v) is 4.11. The normalized spacial score (nSPS) is 13.9. The van der Waals surface area contributed by atoms with Gasteiger partial charge in [-0.3, -0.25) is 0 Å². The molecule has 8 nitrogen and oxygen atoms in total. The van der Waals surface area contributed by atoms with Gasteiger partial charge in [-0.2, -0.15) is 10.4 Å². The van der Waals surface area contributed by atoms with Crippen molar-refractivity contribution in [2.75, 3.05) is 11.9 Å². The van der Waals surface area contributed by atoms with E-state index in [4.69, 9.17) is 5.26 Å². The molecule has 4 amide bonds. The number of hydrogen-bond acceptors (Lipinski definition) is 4. The molecule has 8 heteroatoms. The molecule has 0 saturated carbocycles. The van der Waals surface area contributed by atoms with E-state index in [2.05, 4.69) is 21.3 Å². The molecule has 20 heavy (non-hydrogen) atoms. The predicted molar refractivity (Wildman–Crippen MR) is 71.7 cm³/mol. The van der Waals surface area contributed by atoms with Gasteiger partial charge in [0.1, 0.15) is 0 Å². The van der Waals surface area contributed by atoms with Crippen molar-refractivity contribution in [3.8, 4) is 6.07 Å². The minimum Gasteiger partial charge on any atom is -0.307 e. The van der Waals surface area contributed by atoms with E-state index in [1.54, 1.807) is 25.1 Å². The van der Waals surface area contributed by atoms with E-state index >= 15 is 0 Å². The first-order valence-corrected chi connectivity index (χ1v) is 5.77. The Morgan fingerprint density at radius 1 is 1.55 bits per heavy atom. The van der Waals surface area contributed by atoms with Crippen molar-refractivity contribution in [1.29, 1.82) is 5.26 Å². The van der Waals surface area contributed by atoms with Gasteiger partial charge in [-0.15, -0.1) is 0 Å². The molecule has 0 bridgehead atoms. The Kier molecular flexibility index (Phi) is 3.81. The third kappa shape index (κ3) is 3.23. The lowest BCUT2D eigenvalue weighted by molar-refractivity contribution is 0.177. The molecule has 1 aromatic carbocycles. The van der Waals surface area contributed by atoms with E-state index in [1.165, 1.54) is 6.07 Å². The highest BCUT2D eigenvalue weighted by Crippen LogP contribution is 2.09. The molecule has 3 N–H and O–H groups in total. The van der Waals surface area contributed by atoms with Crippen LogP contribution >= 0.6 is 0 Å². The zero-order valence-electron chi connectivity index (χ0n) is 10.7. The van der Waals surface area contributed by atoms with Crippen molar-refractivity contribution in [3.63, 3.8) is 0 Å². The molecule has 0 saturated heterocycles. The van der Waals surface area contributed by atoms with Gasteiger partial charge in [0.05, 0.1) is 23.9 Å². The Bertz CT molecular complexity index is 619. The van der Waals surface area contributed by atoms with Gasteiger partial charge in [0.15, 0.2) is 0 Å². The van der Waals surface area contributed by atoms with Gasteiger partial charge < -0.3 is 5.32 Å². The second kappa shape index (κ2) is 5.71. The molecule has 1 heterocycles. The number of hydrogen-bond donors (Lipinski definition) is 3. The van der Waals surface area contributed by atoms with Crippen LogP contribution in [-0.2, 0) is 0 Å². The first kappa shape index (κ1) is 13.4. The standard InChI is InChI=1S/C12H12N6O2/c1-8-7-18(12(20)16-15-8)17-11(19)14-10-4-2-3-9(5-10)6-13/h2-5H,7H2,1H3,(H,16,20)(H2,14,17,19). The average molecular weight is 272 g/mol. The summed E-state index contributed by atoms with van der Waals surface area (Å²) >= 11 is 0. The van der Waals surface area contributed by atoms with Crippen molar-refractivity contribution in [2.45, 2.75) is 6.92 Å². The van der Waals surface area contributed by atoms with Crippen molar-refractivity contribution in [3.05, 3.63) is 29.8 Å². The number of carbonyl (C=O) groups is 2. The third-order valence-electron chi connectivity index (χ3n) is 2.46. The van der Waals surface area contributed by atoms with E-state index in [1.807, 2.05) is 6.07 Å². The van der Waals surface area contributed by atoms with E-state index < -0.39 is 12.1 Å². The van der Waals surface area contributed by atoms with Crippen LogP contribution in [0.2, 0.25) is 0 Å². The number of amides is 4. The van der Waals surface area contributed by atoms with Gasteiger partial charge in [-0.1, -0.05) is 6.07 Å². The SMILES string of the molecule is CC1=NNC(=O)N(NC(=O)Nc2cccc(C#N)c2)C1. The zero-order valence-corrected chi connectivity index (χ0v) is 10.7. The number of anilines is 1. The first-order chi connectivity index (χ1) is 9.58. The molecule has 0 spiro atoms. The molecule has 0 aliphatic carbocycles. The highest BCUT2D eigenvalue weighted by molar-refractivity contribution is 5.95. The fourth-order valence-corrected chi connectivity index (χ4v) is 1.58. The summed E-state index contributed by atoms with van der Waals surface area (Å²) in [5.74, 6) is 0. The van der Waals surface area contributed by atoms with Crippen LogP contribution in [0.5, 0.6) is 0 Å². The van der Waals surface area contributed by atoms with E-state index in [9.17, 15) is 9.59 Å². The van der Waals surface area contributed by atoms with Crippen LogP contribution in [0.3, 0.4) is 0 Å². The largest absolute Gasteiger partial charge is 0.356 e. The van der Waals surface area contributed by atoms with Gasteiger partial charge in [0, 0.05) is 5.69 Å². The number of carbonyl (C=O) groups excluding carboxylic acids is 2. The van der Waals surface area contributed by atoms with Crippen LogP contribution in [0.4, 0.5) is 15.3 Å². The summed E-state index contributed by atoms with van der Waals surface area (Å²) < 4.78 is 0. The lowest BCUT2D eigenvalue weighted by atomic mass is 10.2. The summed E-state index contributed by atoms with van der Waals surface area (Å²) in [6.07, 6.45) is 0. The Morgan fingerprint density at radius 3 is 3.10 bits per heavy atom. The molecule has 0 unspecified atom stereocenters. The number of hydrazone groups is 1. The number of rotatable bonds is 2. The third-order valence-corrected chi connectivity index (χ3v) is 2.46. The van der Waals surface area contributed by atoms with Crippen LogP contribution in [0.1, 0.15) is 12.5 Å². The maximum absolute atomic E-state index is 11.8. The lowest BCUT2D eigenvalue weighted by Gasteiger charge is -2.25. The Labute approximate surface area is 115 Å². The average Bonchev–Trinajstić information content (AvgIpc) is 2.43. The zero-order chi connectivity index (χ0) is 14.5. The smallest absolute Gasteiger partial charge is 0.307 e. The van der Waals surface area contributed by atoms with Crippen LogP contribution in [0.15, 0.2) is 29.4 Å². The first-order valence-electron chi connectivity index (χ1n) is 5.77. The van der Waals surface area contributed by atoms with Crippen LogP contribution in [-0.4, -0.2) is 29.3 Å². The Hall–Kier alpha value is -3.08. The van der Waals surface area contributed by atoms with Gasteiger partial charge in [-0.25, -0.2) is 25.4 Å². The number of nitriles is 1. The number of nitrogens with one attached hydrogen (secondary N) is 3. The summed E-state index contributed by atoms with van der Waals surface area (Å²) in [7, 11) is 0. The maximum Gasteiger partial charge on any atom is 0.356 e. The van der Waals surface area contributed by atoms with Crippen molar-refractivity contribution in [2.24, 2.45) is 5.10 Å². The quantitative estimate of drug-likeness (QED) is 0.746. The summed E-state index contributed by atoms with van der Waals surface area (Å²) in [6, 6.07) is 7.33. The fourth-order valence-electron chi connectivity index (χ4n) is 1.58. The predicted octanol–water partition coefficient (Wildman–Crippen LogP) is 0.996. The van der Waals surface area contributed by atoms with Gasteiger partial charge in [0.2, 0.25) is 0 Å². The molecule has 2 rings (SSSR count). The molecule has 1 aromatic rings. The van der Waals surface area contributed by atoms with Crippen molar-refractivity contribution in [1.82, 2.24) is 15.9 Å². The molecule has 0 aromatic heterocycles. The minimum absolute atomic E-state index is 0.206. The molecular weight excluding hydrogens is 260 g/mol. The monoisotopic (exact) mass is 272 g/mol. The van der Waals surface area contributed by atoms with Crippen LogP contribution in [0.25, 0.3) is 0 Å². The van der Waals surface area contributed by atoms with E-state index in [0.29, 0.717) is 17.0 Å². The number of benzene rings is 1. The minimum atomic E-state index is -0.579. The second-order valence-electron chi connectivity index (χ2n) is 4.11. The number of nitrogens with zero attached hydrogens (tertiary/aromatic N) is 3. The van der Waals surface area contributed by atoms with Crippen molar-refractivity contribution >= 4 is 23.5 Å². The summed E-state index contributed by atoms with van der Waals surface area (Å²) in [6.45, 7) is 1.93. The molecule has 0 atom stereocenters. The highest BCUT2D eigenvalue weighted by atomic mass is 16.2. The molecule has 102 valence electrons. The Balaban J connectivity index is 1.97. The van der Waals surface area contributed by atoms with E-state index in [-0.39, 0.29) is 6.54 Å². The molecule has 0 fully saturated rings. The number of hydrazine groups is 1. The highest BCUT2D eigenvalue weighted by Gasteiger charge is 2.20. The summed E-state index contributed by atoms with van der Waals surface area (Å²) in [5.41, 5.74) is 6.21. The lowest BCUT2D eigenvalue weighted by Crippen LogP contribution is -2.55. The fraction of sp³-hybridized carbons (Fsp3) is 0.167.